The minimum atomic E-state index is -0.0654. The highest BCUT2D eigenvalue weighted by atomic mass is 16.5. The van der Waals surface area contributed by atoms with E-state index in [0.29, 0.717) is 19.6 Å². The molecule has 0 aliphatic carbocycles. The molecule has 0 spiro atoms. The van der Waals surface area contributed by atoms with Crippen LogP contribution in [0, 0.1) is 0 Å². The third kappa shape index (κ3) is 3.50. The summed E-state index contributed by atoms with van der Waals surface area (Å²) < 4.78 is 10.7. The summed E-state index contributed by atoms with van der Waals surface area (Å²) >= 11 is 0. The van der Waals surface area contributed by atoms with E-state index in [1.165, 1.54) is 0 Å². The zero-order valence-corrected chi connectivity index (χ0v) is 10.7. The van der Waals surface area contributed by atoms with Gasteiger partial charge in [0.15, 0.2) is 0 Å². The second kappa shape index (κ2) is 6.44. The maximum atomic E-state index is 12.0. The van der Waals surface area contributed by atoms with Crippen molar-refractivity contribution < 1.29 is 13.9 Å². The van der Waals surface area contributed by atoms with E-state index in [2.05, 4.69) is 5.32 Å². The third-order valence-corrected chi connectivity index (χ3v) is 3.11. The summed E-state index contributed by atoms with van der Waals surface area (Å²) in [7, 11) is 0. The molecule has 100 valence electrons. The van der Waals surface area contributed by atoms with E-state index < -0.39 is 0 Å². The minimum absolute atomic E-state index is 0.0654. The number of hydrogen-bond donors (Lipinski definition) is 1. The molecule has 5 heteroatoms. The van der Waals surface area contributed by atoms with Gasteiger partial charge >= 0.3 is 6.03 Å². The average Bonchev–Trinajstić information content (AvgIpc) is 3.06. The minimum Gasteiger partial charge on any atom is -0.467 e. The summed E-state index contributed by atoms with van der Waals surface area (Å²) in [4.78, 5) is 13.8. The van der Waals surface area contributed by atoms with Gasteiger partial charge in [0, 0.05) is 19.7 Å². The smallest absolute Gasteiger partial charge is 0.317 e. The first-order valence-electron chi connectivity index (χ1n) is 6.46. The Morgan fingerprint density at radius 1 is 1.61 bits per heavy atom. The fourth-order valence-corrected chi connectivity index (χ4v) is 2.08. The topological polar surface area (TPSA) is 54.7 Å². The van der Waals surface area contributed by atoms with Gasteiger partial charge in [-0.25, -0.2) is 4.79 Å². The van der Waals surface area contributed by atoms with Gasteiger partial charge in [-0.2, -0.15) is 0 Å². The number of carbonyl (C=O) groups is 1. The Bertz CT molecular complexity index is 358. The monoisotopic (exact) mass is 252 g/mol. The Hall–Kier alpha value is -1.49. The fraction of sp³-hybridized carbons (Fsp3) is 0.615. The number of hydrogen-bond acceptors (Lipinski definition) is 3. The fourth-order valence-electron chi connectivity index (χ4n) is 2.08. The summed E-state index contributed by atoms with van der Waals surface area (Å²) in [6.07, 6.45) is 3.93. The Morgan fingerprint density at radius 3 is 3.11 bits per heavy atom. The van der Waals surface area contributed by atoms with Crippen LogP contribution in [0.3, 0.4) is 0 Å². The third-order valence-electron chi connectivity index (χ3n) is 3.11. The van der Waals surface area contributed by atoms with Gasteiger partial charge in [-0.15, -0.1) is 0 Å². The van der Waals surface area contributed by atoms with Crippen LogP contribution in [0.15, 0.2) is 22.8 Å². The normalized spacial score (nSPS) is 18.8. The number of carbonyl (C=O) groups excluding carboxylic acids is 1. The molecule has 2 amide bonds. The Balaban J connectivity index is 1.77. The molecule has 5 nitrogen and oxygen atoms in total. The van der Waals surface area contributed by atoms with Gasteiger partial charge < -0.3 is 19.4 Å². The van der Waals surface area contributed by atoms with Crippen LogP contribution in [0.4, 0.5) is 4.79 Å². The first kappa shape index (κ1) is 13.0. The van der Waals surface area contributed by atoms with Crippen LogP contribution in [0.2, 0.25) is 0 Å². The Morgan fingerprint density at radius 2 is 2.50 bits per heavy atom. The Kier molecular flexibility index (Phi) is 4.64. The van der Waals surface area contributed by atoms with Gasteiger partial charge in [-0.3, -0.25) is 0 Å². The molecule has 2 heterocycles. The number of furan rings is 1. The van der Waals surface area contributed by atoms with Crippen molar-refractivity contribution >= 4 is 6.03 Å². The standard InChI is InChI=1S/C13H20N2O3/c1-2-15(10-12-6-4-8-18-12)13(16)14-9-11-5-3-7-17-11/h3,5,7,12H,2,4,6,8-10H2,1H3,(H,14,16). The number of amides is 2. The van der Waals surface area contributed by atoms with Crippen molar-refractivity contribution in [3.63, 3.8) is 0 Å². The Labute approximate surface area is 107 Å². The van der Waals surface area contributed by atoms with Gasteiger partial charge in [0.1, 0.15) is 5.76 Å². The summed E-state index contributed by atoms with van der Waals surface area (Å²) in [6.45, 7) is 4.57. The van der Waals surface area contributed by atoms with Crippen LogP contribution in [0.25, 0.3) is 0 Å². The second-order valence-electron chi connectivity index (χ2n) is 4.41. The predicted molar refractivity (Wildman–Crippen MR) is 67.2 cm³/mol. The first-order chi connectivity index (χ1) is 8.79. The summed E-state index contributed by atoms with van der Waals surface area (Å²) in [5, 5.41) is 2.85. The highest BCUT2D eigenvalue weighted by molar-refractivity contribution is 5.74. The molecule has 0 radical (unpaired) electrons. The van der Waals surface area contributed by atoms with E-state index in [1.54, 1.807) is 11.2 Å². The average molecular weight is 252 g/mol. The van der Waals surface area contributed by atoms with Gasteiger partial charge in [0.25, 0.3) is 0 Å². The largest absolute Gasteiger partial charge is 0.467 e. The molecule has 1 aromatic rings. The zero-order chi connectivity index (χ0) is 12.8. The van der Waals surface area contributed by atoms with Gasteiger partial charge in [0.05, 0.1) is 18.9 Å². The lowest BCUT2D eigenvalue weighted by Crippen LogP contribution is -2.43. The van der Waals surface area contributed by atoms with Gasteiger partial charge in [0.2, 0.25) is 0 Å². The number of nitrogens with zero attached hydrogens (tertiary/aromatic N) is 1. The van der Waals surface area contributed by atoms with Crippen LogP contribution < -0.4 is 5.32 Å². The van der Waals surface area contributed by atoms with Crippen molar-refractivity contribution in [1.82, 2.24) is 10.2 Å². The predicted octanol–water partition coefficient (Wildman–Crippen LogP) is 1.99. The van der Waals surface area contributed by atoms with Crippen molar-refractivity contribution in [1.29, 1.82) is 0 Å². The molecule has 2 rings (SSSR count). The molecule has 1 unspecified atom stereocenters. The highest BCUT2D eigenvalue weighted by Gasteiger charge is 2.21. The summed E-state index contributed by atoms with van der Waals surface area (Å²) in [5.41, 5.74) is 0. The van der Waals surface area contributed by atoms with E-state index in [4.69, 9.17) is 9.15 Å². The summed E-state index contributed by atoms with van der Waals surface area (Å²) in [6, 6.07) is 3.59. The highest BCUT2D eigenvalue weighted by Crippen LogP contribution is 2.13. The molecule has 1 aliphatic heterocycles. The number of rotatable bonds is 5. The maximum Gasteiger partial charge on any atom is 0.317 e. The van der Waals surface area contributed by atoms with E-state index in [1.807, 2.05) is 19.1 Å². The van der Waals surface area contributed by atoms with Crippen molar-refractivity contribution in [3.05, 3.63) is 24.2 Å². The molecule has 1 saturated heterocycles. The van der Waals surface area contributed by atoms with Crippen molar-refractivity contribution in [2.45, 2.75) is 32.4 Å². The SMILES string of the molecule is CCN(CC1CCCO1)C(=O)NCc1ccco1. The molecule has 1 aliphatic rings. The molecule has 1 atom stereocenters. The van der Waals surface area contributed by atoms with Crippen molar-refractivity contribution in [3.8, 4) is 0 Å². The van der Waals surface area contributed by atoms with Crippen LogP contribution in [-0.4, -0.2) is 36.7 Å². The molecule has 0 saturated carbocycles. The molecule has 1 aromatic heterocycles. The number of ether oxygens (including phenoxy) is 1. The lowest BCUT2D eigenvalue weighted by molar-refractivity contribution is 0.0825. The molecular formula is C13H20N2O3. The lowest BCUT2D eigenvalue weighted by atomic mass is 10.2. The van der Waals surface area contributed by atoms with Crippen LogP contribution in [0.1, 0.15) is 25.5 Å². The van der Waals surface area contributed by atoms with Crippen molar-refractivity contribution in [2.75, 3.05) is 19.7 Å². The number of likely N-dealkylation sites (N-methyl/N-ethyl adjacent to an activating group) is 1. The number of nitrogens with one attached hydrogen (secondary N) is 1. The van der Waals surface area contributed by atoms with E-state index in [9.17, 15) is 4.79 Å². The van der Waals surface area contributed by atoms with E-state index in [0.717, 1.165) is 25.2 Å². The molecule has 0 bridgehead atoms. The van der Waals surface area contributed by atoms with Gasteiger partial charge in [-0.1, -0.05) is 0 Å². The molecular weight excluding hydrogens is 232 g/mol. The molecule has 1 N–H and O–H groups in total. The zero-order valence-electron chi connectivity index (χ0n) is 10.7. The number of urea groups is 1. The molecule has 1 fully saturated rings. The van der Waals surface area contributed by atoms with Gasteiger partial charge in [-0.05, 0) is 31.9 Å². The quantitative estimate of drug-likeness (QED) is 0.872. The summed E-state index contributed by atoms with van der Waals surface area (Å²) in [5.74, 6) is 0.761. The van der Waals surface area contributed by atoms with Crippen LogP contribution >= 0.6 is 0 Å². The van der Waals surface area contributed by atoms with E-state index >= 15 is 0 Å². The van der Waals surface area contributed by atoms with Crippen molar-refractivity contribution in [2.24, 2.45) is 0 Å². The molecule has 18 heavy (non-hydrogen) atoms. The second-order valence-corrected chi connectivity index (χ2v) is 4.41. The van der Waals surface area contributed by atoms with Crippen LogP contribution in [0.5, 0.6) is 0 Å². The first-order valence-corrected chi connectivity index (χ1v) is 6.46. The van der Waals surface area contributed by atoms with Crippen LogP contribution in [-0.2, 0) is 11.3 Å². The maximum absolute atomic E-state index is 12.0. The molecule has 0 aromatic carbocycles. The van der Waals surface area contributed by atoms with E-state index in [-0.39, 0.29) is 12.1 Å². The lowest BCUT2D eigenvalue weighted by Gasteiger charge is -2.24.